The Morgan fingerprint density at radius 2 is 1.53 bits per heavy atom. The first-order chi connectivity index (χ1) is 17.4. The molecule has 3 heterocycles. The highest BCUT2D eigenvalue weighted by atomic mass is 16.5. The van der Waals surface area contributed by atoms with Gasteiger partial charge in [-0.2, -0.15) is 5.10 Å². The first kappa shape index (κ1) is 22.7. The van der Waals surface area contributed by atoms with Gasteiger partial charge in [-0.3, -0.25) is 14.7 Å². The van der Waals surface area contributed by atoms with E-state index in [0.29, 0.717) is 22.4 Å². The fraction of sp³-hybridized carbons (Fsp3) is 0.120. The second-order valence-corrected chi connectivity index (χ2v) is 7.77. The lowest BCUT2D eigenvalue weighted by atomic mass is 10.0. The molecule has 0 saturated heterocycles. The van der Waals surface area contributed by atoms with E-state index in [1.54, 1.807) is 31.4 Å². The Hall–Kier alpha value is -5.06. The van der Waals surface area contributed by atoms with Crippen molar-refractivity contribution in [2.24, 2.45) is 0 Å². The molecule has 1 N–H and O–H groups in total. The average Bonchev–Trinajstić information content (AvgIpc) is 3.45. The number of methoxy groups -OCH3 is 3. The summed E-state index contributed by atoms with van der Waals surface area (Å²) >= 11 is 0. The number of benzene rings is 2. The lowest BCUT2D eigenvalue weighted by Crippen LogP contribution is -2.30. The Kier molecular flexibility index (Phi) is 5.44. The van der Waals surface area contributed by atoms with Crippen LogP contribution in [-0.4, -0.2) is 60.3 Å². The highest BCUT2D eigenvalue weighted by Gasteiger charge is 2.40. The van der Waals surface area contributed by atoms with Gasteiger partial charge < -0.3 is 14.2 Å². The van der Waals surface area contributed by atoms with Crippen LogP contribution in [-0.2, 0) is 9.47 Å². The molecular weight excluding hydrogens is 468 g/mol. The number of pyridine rings is 1. The van der Waals surface area contributed by atoms with Crippen molar-refractivity contribution < 1.29 is 33.4 Å². The molecule has 0 saturated carbocycles. The van der Waals surface area contributed by atoms with Gasteiger partial charge in [0, 0.05) is 11.8 Å². The number of aromatic amines is 1. The van der Waals surface area contributed by atoms with E-state index in [2.05, 4.69) is 15.2 Å². The number of aromatic nitrogens is 3. The number of esters is 2. The Morgan fingerprint density at radius 1 is 0.889 bits per heavy atom. The molecule has 0 spiro atoms. The number of amides is 2. The summed E-state index contributed by atoms with van der Waals surface area (Å²) in [6, 6.07) is 10.9. The van der Waals surface area contributed by atoms with Crippen molar-refractivity contribution >= 4 is 40.5 Å². The molecule has 2 aromatic carbocycles. The lowest BCUT2D eigenvalue weighted by Gasteiger charge is -2.16. The van der Waals surface area contributed by atoms with E-state index in [1.165, 1.54) is 38.6 Å². The fourth-order valence-electron chi connectivity index (χ4n) is 4.11. The number of carbonyl (C=O) groups is 4. The molecule has 36 heavy (non-hydrogen) atoms. The van der Waals surface area contributed by atoms with Gasteiger partial charge in [-0.15, -0.1) is 0 Å². The number of hydrogen-bond donors (Lipinski definition) is 1. The molecule has 4 aromatic rings. The predicted octanol–water partition coefficient (Wildman–Crippen LogP) is 3.01. The van der Waals surface area contributed by atoms with Crippen molar-refractivity contribution in [2.75, 3.05) is 26.2 Å². The molecule has 2 amide bonds. The van der Waals surface area contributed by atoms with Gasteiger partial charge in [0.25, 0.3) is 11.8 Å². The zero-order valence-electron chi connectivity index (χ0n) is 19.3. The summed E-state index contributed by atoms with van der Waals surface area (Å²) in [4.78, 5) is 56.6. The quantitative estimate of drug-likeness (QED) is 0.333. The smallest absolute Gasteiger partial charge is 0.337 e. The van der Waals surface area contributed by atoms with Crippen molar-refractivity contribution in [2.45, 2.75) is 0 Å². The van der Waals surface area contributed by atoms with Crippen LogP contribution in [0.15, 0.2) is 48.7 Å². The molecular formula is C25H18N4O7. The molecule has 0 bridgehead atoms. The second-order valence-electron chi connectivity index (χ2n) is 7.77. The maximum Gasteiger partial charge on any atom is 0.337 e. The van der Waals surface area contributed by atoms with Crippen LogP contribution >= 0.6 is 0 Å². The maximum absolute atomic E-state index is 13.7. The van der Waals surface area contributed by atoms with Crippen molar-refractivity contribution in [1.29, 1.82) is 0 Å². The van der Waals surface area contributed by atoms with Crippen molar-refractivity contribution in [3.8, 4) is 17.0 Å². The molecule has 0 atom stereocenters. The largest absolute Gasteiger partial charge is 0.497 e. The van der Waals surface area contributed by atoms with Crippen molar-refractivity contribution in [3.05, 3.63) is 70.9 Å². The van der Waals surface area contributed by atoms with Crippen molar-refractivity contribution in [1.82, 2.24) is 15.2 Å². The maximum atomic E-state index is 13.7. The van der Waals surface area contributed by atoms with Gasteiger partial charge in [-0.25, -0.2) is 19.5 Å². The summed E-state index contributed by atoms with van der Waals surface area (Å²) in [5.41, 5.74) is 1.56. The SMILES string of the molecule is COC(=O)c1cc(C(=O)OC)cc(N2C(=O)c3cnc4n[nH]c(-c5ccc(OC)cc5)c4c3C2=O)c1. The van der Waals surface area contributed by atoms with Gasteiger partial charge in [-0.1, -0.05) is 0 Å². The molecule has 11 nitrogen and oxygen atoms in total. The number of H-pyrrole nitrogens is 1. The molecule has 0 aliphatic carbocycles. The van der Waals surface area contributed by atoms with Crippen LogP contribution in [0.2, 0.25) is 0 Å². The van der Waals surface area contributed by atoms with E-state index in [-0.39, 0.29) is 33.6 Å². The van der Waals surface area contributed by atoms with Crippen LogP contribution in [0.1, 0.15) is 41.4 Å². The molecule has 1 aliphatic heterocycles. The number of imide groups is 1. The number of nitrogens with zero attached hydrogens (tertiary/aromatic N) is 3. The van der Waals surface area contributed by atoms with Crippen LogP contribution in [0.25, 0.3) is 22.3 Å². The molecule has 11 heteroatoms. The zero-order chi connectivity index (χ0) is 25.6. The topological polar surface area (TPSA) is 141 Å². The summed E-state index contributed by atoms with van der Waals surface area (Å²) in [5, 5.41) is 7.46. The van der Waals surface area contributed by atoms with Gasteiger partial charge in [0.1, 0.15) is 5.75 Å². The fourth-order valence-corrected chi connectivity index (χ4v) is 4.11. The van der Waals surface area contributed by atoms with Gasteiger partial charge in [0.05, 0.1) is 60.4 Å². The van der Waals surface area contributed by atoms with Crippen LogP contribution in [0.3, 0.4) is 0 Å². The second kappa shape index (κ2) is 8.62. The Labute approximate surface area is 203 Å². The first-order valence-electron chi connectivity index (χ1n) is 10.6. The molecule has 2 aromatic heterocycles. The minimum absolute atomic E-state index is 0.00661. The third-order valence-corrected chi connectivity index (χ3v) is 5.83. The summed E-state index contributed by atoms with van der Waals surface area (Å²) < 4.78 is 14.7. The number of rotatable bonds is 5. The van der Waals surface area contributed by atoms with E-state index in [0.717, 1.165) is 4.90 Å². The zero-order valence-corrected chi connectivity index (χ0v) is 19.3. The van der Waals surface area contributed by atoms with E-state index < -0.39 is 23.8 Å². The number of anilines is 1. The number of nitrogens with one attached hydrogen (secondary N) is 1. The van der Waals surface area contributed by atoms with Gasteiger partial charge in [0.15, 0.2) is 5.65 Å². The number of fused-ring (bicyclic) bond motifs is 3. The Morgan fingerprint density at radius 3 is 2.11 bits per heavy atom. The Balaban J connectivity index is 1.67. The first-order valence-corrected chi connectivity index (χ1v) is 10.6. The molecule has 1 aliphatic rings. The van der Waals surface area contributed by atoms with Gasteiger partial charge in [-0.05, 0) is 42.5 Å². The number of ether oxygens (including phenoxy) is 3. The summed E-state index contributed by atoms with van der Waals surface area (Å²) in [6.45, 7) is 0. The van der Waals surface area contributed by atoms with Crippen LogP contribution in [0.4, 0.5) is 5.69 Å². The van der Waals surface area contributed by atoms with E-state index in [9.17, 15) is 19.2 Å². The highest BCUT2D eigenvalue weighted by molar-refractivity contribution is 6.38. The molecule has 180 valence electrons. The van der Waals surface area contributed by atoms with E-state index >= 15 is 0 Å². The van der Waals surface area contributed by atoms with Crippen molar-refractivity contribution in [3.63, 3.8) is 0 Å². The summed E-state index contributed by atoms with van der Waals surface area (Å²) in [7, 11) is 3.91. The molecule has 5 rings (SSSR count). The standard InChI is InChI=1S/C25H18N4O7/c1-34-16-6-4-12(5-7-16)20-19-18-17(11-26-21(19)28-27-20)22(30)29(23(18)31)15-9-13(24(32)35-2)8-14(10-15)25(33)36-3/h4-11H,1-3H3,(H,26,27,28). The Bertz CT molecular complexity index is 1540. The average molecular weight is 486 g/mol. The lowest BCUT2D eigenvalue weighted by molar-refractivity contribution is 0.0598. The van der Waals surface area contributed by atoms with Crippen LogP contribution in [0.5, 0.6) is 5.75 Å². The summed E-state index contributed by atoms with van der Waals surface area (Å²) in [5.74, 6) is -2.17. The van der Waals surface area contributed by atoms with Gasteiger partial charge >= 0.3 is 11.9 Å². The minimum atomic E-state index is -0.751. The van der Waals surface area contributed by atoms with Crippen LogP contribution in [0, 0.1) is 0 Å². The van der Waals surface area contributed by atoms with E-state index in [4.69, 9.17) is 14.2 Å². The monoisotopic (exact) mass is 486 g/mol. The van der Waals surface area contributed by atoms with E-state index in [1.807, 2.05) is 0 Å². The predicted molar refractivity (Wildman–Crippen MR) is 126 cm³/mol. The summed E-state index contributed by atoms with van der Waals surface area (Å²) in [6.07, 6.45) is 1.28. The highest BCUT2D eigenvalue weighted by Crippen LogP contribution is 2.37. The molecule has 0 radical (unpaired) electrons. The van der Waals surface area contributed by atoms with Crippen LogP contribution < -0.4 is 9.64 Å². The third kappa shape index (κ3) is 3.45. The molecule has 0 fully saturated rings. The molecule has 0 unspecified atom stereocenters. The van der Waals surface area contributed by atoms with Gasteiger partial charge in [0.2, 0.25) is 0 Å². The third-order valence-electron chi connectivity index (χ3n) is 5.83. The number of hydrogen-bond acceptors (Lipinski definition) is 9. The number of carbonyl (C=O) groups excluding carboxylic acids is 4. The normalized spacial score (nSPS) is 12.6. The minimum Gasteiger partial charge on any atom is -0.497 e.